The molecular formula is C18H21N3O4S. The molecule has 0 spiro atoms. The molecule has 2 aromatic heterocycles. The van der Waals surface area contributed by atoms with Crippen molar-refractivity contribution in [2.24, 2.45) is 0 Å². The van der Waals surface area contributed by atoms with E-state index in [2.05, 4.69) is 9.97 Å². The summed E-state index contributed by atoms with van der Waals surface area (Å²) in [7, 11) is 3.37. The van der Waals surface area contributed by atoms with Gasteiger partial charge in [-0.05, 0) is 25.5 Å². The maximum Gasteiger partial charge on any atom is 0.275 e. The Morgan fingerprint density at radius 2 is 2.19 bits per heavy atom. The second-order valence-corrected chi connectivity index (χ2v) is 7.09. The molecule has 0 aliphatic rings. The highest BCUT2D eigenvalue weighted by atomic mass is 32.1. The van der Waals surface area contributed by atoms with E-state index < -0.39 is 0 Å². The van der Waals surface area contributed by atoms with Gasteiger partial charge in [-0.15, -0.1) is 11.3 Å². The second kappa shape index (κ2) is 8.29. The van der Waals surface area contributed by atoms with E-state index in [1.54, 1.807) is 30.4 Å². The number of carbonyl (C=O) groups excluding carboxylic acids is 1. The van der Waals surface area contributed by atoms with Crippen molar-refractivity contribution in [3.8, 4) is 5.75 Å². The molecule has 1 aromatic carbocycles. The third-order valence-electron chi connectivity index (χ3n) is 3.79. The van der Waals surface area contributed by atoms with Gasteiger partial charge in [0.1, 0.15) is 12.0 Å². The highest BCUT2D eigenvalue weighted by Gasteiger charge is 2.16. The van der Waals surface area contributed by atoms with Crippen LogP contribution < -0.4 is 4.74 Å². The number of methoxy groups -OCH3 is 1. The molecule has 1 amide bonds. The summed E-state index contributed by atoms with van der Waals surface area (Å²) in [5.74, 6) is 0.856. The number of fused-ring (bicyclic) bond motifs is 1. The minimum atomic E-state index is -0.185. The lowest BCUT2D eigenvalue weighted by Gasteiger charge is -2.14. The first-order chi connectivity index (χ1) is 12.6. The summed E-state index contributed by atoms with van der Waals surface area (Å²) in [4.78, 5) is 22.5. The molecule has 0 saturated heterocycles. The number of oxazole rings is 1. The summed E-state index contributed by atoms with van der Waals surface area (Å²) in [5.41, 5.74) is 1.18. The van der Waals surface area contributed by atoms with Crippen LogP contribution in [0.1, 0.15) is 27.8 Å². The molecule has 0 saturated carbocycles. The van der Waals surface area contributed by atoms with Crippen LogP contribution in [0.15, 0.2) is 28.9 Å². The van der Waals surface area contributed by atoms with Gasteiger partial charge in [-0.25, -0.2) is 9.97 Å². The van der Waals surface area contributed by atoms with Gasteiger partial charge in [0.05, 0.1) is 15.2 Å². The van der Waals surface area contributed by atoms with E-state index in [1.807, 2.05) is 25.1 Å². The standard InChI is InChI=1S/C18H21N3O4S/c1-12-19-14-9-13(5-6-16(14)26-12)24-11-17-20-15(10-25-17)18(22)21(2)7-4-8-23-3/h5-6,9-10H,4,7-8,11H2,1-3H3. The van der Waals surface area contributed by atoms with Crippen molar-refractivity contribution in [3.05, 3.63) is 41.1 Å². The van der Waals surface area contributed by atoms with Crippen molar-refractivity contribution in [1.82, 2.24) is 14.9 Å². The van der Waals surface area contributed by atoms with Crippen LogP contribution in [0.3, 0.4) is 0 Å². The van der Waals surface area contributed by atoms with Crippen LogP contribution in [0.2, 0.25) is 0 Å². The minimum Gasteiger partial charge on any atom is -0.484 e. The summed E-state index contributed by atoms with van der Waals surface area (Å²) in [6.45, 7) is 3.33. The van der Waals surface area contributed by atoms with Crippen LogP contribution in [0.5, 0.6) is 5.75 Å². The van der Waals surface area contributed by atoms with E-state index in [4.69, 9.17) is 13.9 Å². The van der Waals surface area contributed by atoms with Crippen LogP contribution >= 0.6 is 11.3 Å². The predicted octanol–water partition coefficient (Wildman–Crippen LogP) is 3.28. The van der Waals surface area contributed by atoms with Gasteiger partial charge < -0.3 is 18.8 Å². The number of amides is 1. The molecule has 2 heterocycles. The minimum absolute atomic E-state index is 0.148. The van der Waals surface area contributed by atoms with E-state index >= 15 is 0 Å². The van der Waals surface area contributed by atoms with Crippen molar-refractivity contribution in [2.75, 3.05) is 27.3 Å². The van der Waals surface area contributed by atoms with Gasteiger partial charge in [0.15, 0.2) is 12.3 Å². The van der Waals surface area contributed by atoms with Crippen molar-refractivity contribution in [3.63, 3.8) is 0 Å². The summed E-state index contributed by atoms with van der Waals surface area (Å²) in [6.07, 6.45) is 2.13. The molecule has 3 rings (SSSR count). The molecule has 0 atom stereocenters. The number of aromatic nitrogens is 2. The third kappa shape index (κ3) is 4.39. The summed E-state index contributed by atoms with van der Waals surface area (Å²) in [5, 5.41) is 1.02. The molecular weight excluding hydrogens is 354 g/mol. The number of nitrogens with zero attached hydrogens (tertiary/aromatic N) is 3. The average molecular weight is 375 g/mol. The predicted molar refractivity (Wildman–Crippen MR) is 98.6 cm³/mol. The number of benzene rings is 1. The quantitative estimate of drug-likeness (QED) is 0.562. The Kier molecular flexibility index (Phi) is 5.85. The van der Waals surface area contributed by atoms with E-state index in [0.29, 0.717) is 24.8 Å². The van der Waals surface area contributed by atoms with Gasteiger partial charge in [-0.1, -0.05) is 0 Å². The van der Waals surface area contributed by atoms with Gasteiger partial charge in [0, 0.05) is 33.4 Å². The first-order valence-electron chi connectivity index (χ1n) is 8.25. The largest absolute Gasteiger partial charge is 0.484 e. The number of ether oxygens (including phenoxy) is 2. The fourth-order valence-corrected chi connectivity index (χ4v) is 3.28. The monoisotopic (exact) mass is 375 g/mol. The second-order valence-electron chi connectivity index (χ2n) is 5.85. The third-order valence-corrected chi connectivity index (χ3v) is 4.74. The highest BCUT2D eigenvalue weighted by molar-refractivity contribution is 7.18. The van der Waals surface area contributed by atoms with Crippen molar-refractivity contribution in [1.29, 1.82) is 0 Å². The molecule has 7 nitrogen and oxygen atoms in total. The van der Waals surface area contributed by atoms with Crippen molar-refractivity contribution >= 4 is 27.5 Å². The first-order valence-corrected chi connectivity index (χ1v) is 9.07. The Morgan fingerprint density at radius 1 is 1.35 bits per heavy atom. The Hall–Kier alpha value is -2.45. The van der Waals surface area contributed by atoms with Crippen LogP contribution in [-0.4, -0.2) is 48.1 Å². The number of hydrogen-bond acceptors (Lipinski definition) is 7. The van der Waals surface area contributed by atoms with Crippen molar-refractivity contribution in [2.45, 2.75) is 20.0 Å². The zero-order valence-corrected chi connectivity index (χ0v) is 15.8. The Bertz CT molecular complexity index is 890. The molecule has 0 aliphatic heterocycles. The smallest absolute Gasteiger partial charge is 0.275 e. The topological polar surface area (TPSA) is 77.7 Å². The first kappa shape index (κ1) is 18.3. The van der Waals surface area contributed by atoms with Crippen molar-refractivity contribution < 1.29 is 18.7 Å². The van der Waals surface area contributed by atoms with Gasteiger partial charge in [0.2, 0.25) is 5.89 Å². The average Bonchev–Trinajstić information content (AvgIpc) is 3.24. The van der Waals surface area contributed by atoms with Gasteiger partial charge in [0.25, 0.3) is 5.91 Å². The van der Waals surface area contributed by atoms with E-state index in [9.17, 15) is 4.79 Å². The molecule has 0 unspecified atom stereocenters. The Labute approximate surface area is 155 Å². The Morgan fingerprint density at radius 3 is 3.00 bits per heavy atom. The van der Waals surface area contributed by atoms with Crippen LogP contribution in [-0.2, 0) is 11.3 Å². The summed E-state index contributed by atoms with van der Waals surface area (Å²) >= 11 is 1.64. The molecule has 0 aliphatic carbocycles. The van der Waals surface area contributed by atoms with E-state index in [1.165, 1.54) is 6.26 Å². The molecule has 138 valence electrons. The molecule has 0 radical (unpaired) electrons. The lowest BCUT2D eigenvalue weighted by atomic mass is 10.3. The van der Waals surface area contributed by atoms with Crippen LogP contribution in [0, 0.1) is 6.92 Å². The Balaban J connectivity index is 1.58. The fraction of sp³-hybridized carbons (Fsp3) is 0.389. The maximum atomic E-state index is 12.3. The molecule has 0 N–H and O–H groups in total. The zero-order chi connectivity index (χ0) is 18.5. The lowest BCUT2D eigenvalue weighted by molar-refractivity contribution is 0.0773. The van der Waals surface area contributed by atoms with Crippen LogP contribution in [0.4, 0.5) is 0 Å². The SMILES string of the molecule is COCCCN(C)C(=O)c1coc(COc2ccc3sc(C)nc3c2)n1. The molecule has 0 bridgehead atoms. The normalized spacial score (nSPS) is 11.0. The number of hydrogen-bond donors (Lipinski definition) is 0. The fourth-order valence-electron chi connectivity index (χ4n) is 2.48. The van der Waals surface area contributed by atoms with Gasteiger partial charge >= 0.3 is 0 Å². The van der Waals surface area contributed by atoms with Gasteiger partial charge in [-0.3, -0.25) is 4.79 Å². The molecule has 0 fully saturated rings. The number of aryl methyl sites for hydroxylation is 1. The number of carbonyl (C=O) groups is 1. The molecule has 8 heteroatoms. The molecule has 26 heavy (non-hydrogen) atoms. The zero-order valence-electron chi connectivity index (χ0n) is 15.0. The summed E-state index contributed by atoms with van der Waals surface area (Å²) < 4.78 is 17.2. The summed E-state index contributed by atoms with van der Waals surface area (Å²) in [6, 6.07) is 5.75. The van der Waals surface area contributed by atoms with Crippen LogP contribution in [0.25, 0.3) is 10.2 Å². The number of rotatable bonds is 8. The number of thiazole rings is 1. The molecule has 3 aromatic rings. The maximum absolute atomic E-state index is 12.3. The van der Waals surface area contributed by atoms with Gasteiger partial charge in [-0.2, -0.15) is 0 Å². The van der Waals surface area contributed by atoms with E-state index in [0.717, 1.165) is 21.6 Å². The van der Waals surface area contributed by atoms with E-state index in [-0.39, 0.29) is 18.2 Å². The highest BCUT2D eigenvalue weighted by Crippen LogP contribution is 2.26. The lowest BCUT2D eigenvalue weighted by Crippen LogP contribution is -2.28.